The lowest BCUT2D eigenvalue weighted by molar-refractivity contribution is -0.168. The normalized spacial score (nSPS) is 24.2. The van der Waals surface area contributed by atoms with Gasteiger partial charge in [0.2, 0.25) is 0 Å². The topological polar surface area (TPSA) is 58.5 Å². The number of nitrogens with one attached hydrogen (secondary N) is 2. The summed E-state index contributed by atoms with van der Waals surface area (Å²) in [6.07, 6.45) is 8.43. The van der Waals surface area contributed by atoms with Gasteiger partial charge in [0.25, 0.3) is 0 Å². The van der Waals surface area contributed by atoms with Crippen molar-refractivity contribution in [3.63, 3.8) is 0 Å². The number of halogens is 1. The van der Waals surface area contributed by atoms with Gasteiger partial charge in [-0.15, -0.1) is 35.3 Å². The third-order valence-corrected chi connectivity index (χ3v) is 7.27. The lowest BCUT2D eigenvalue weighted by atomic mass is 9.51. The van der Waals surface area contributed by atoms with Gasteiger partial charge in [-0.25, -0.2) is 4.98 Å². The number of guanidine groups is 1. The first-order valence-electron chi connectivity index (χ1n) is 8.89. The summed E-state index contributed by atoms with van der Waals surface area (Å²) in [6.45, 7) is 3.85. The van der Waals surface area contributed by atoms with Crippen LogP contribution in [0.5, 0.6) is 0 Å². The summed E-state index contributed by atoms with van der Waals surface area (Å²) in [6, 6.07) is 0.513. The van der Waals surface area contributed by atoms with E-state index in [0.29, 0.717) is 17.6 Å². The van der Waals surface area contributed by atoms with E-state index in [-0.39, 0.29) is 24.0 Å². The lowest BCUT2D eigenvalue weighted by Crippen LogP contribution is -2.68. The van der Waals surface area contributed by atoms with E-state index in [0.717, 1.165) is 42.0 Å². The molecule has 2 atom stereocenters. The zero-order chi connectivity index (χ0) is 16.8. The van der Waals surface area contributed by atoms with E-state index < -0.39 is 0 Å². The number of aromatic nitrogens is 1. The fraction of sp³-hybridized carbons (Fsp3) is 0.765. The Morgan fingerprint density at radius 2 is 2.36 bits per heavy atom. The van der Waals surface area contributed by atoms with Gasteiger partial charge in [-0.05, 0) is 32.6 Å². The Balaban J connectivity index is 0.00000225. The van der Waals surface area contributed by atoms with Gasteiger partial charge in [0.05, 0.1) is 6.10 Å². The predicted molar refractivity (Wildman–Crippen MR) is 117 cm³/mol. The van der Waals surface area contributed by atoms with Gasteiger partial charge in [0, 0.05) is 49.0 Å². The molecule has 5 nitrogen and oxygen atoms in total. The Labute approximate surface area is 176 Å². The molecule has 0 radical (unpaired) electrons. The SMILES string of the molecule is CCOC1CC(NC(=NC)NCCCSc2nccs2)C12CCC2.I. The van der Waals surface area contributed by atoms with Gasteiger partial charge in [-0.2, -0.15) is 0 Å². The van der Waals surface area contributed by atoms with Crippen LogP contribution in [-0.2, 0) is 4.74 Å². The van der Waals surface area contributed by atoms with Crippen LogP contribution in [0.1, 0.15) is 39.0 Å². The molecule has 2 unspecified atom stereocenters. The first-order valence-corrected chi connectivity index (χ1v) is 10.8. The summed E-state index contributed by atoms with van der Waals surface area (Å²) < 4.78 is 7.08. The molecule has 1 heterocycles. The van der Waals surface area contributed by atoms with Crippen LogP contribution >= 0.6 is 47.1 Å². The van der Waals surface area contributed by atoms with E-state index in [1.807, 2.05) is 30.4 Å². The van der Waals surface area contributed by atoms with E-state index >= 15 is 0 Å². The predicted octanol–water partition coefficient (Wildman–Crippen LogP) is 3.76. The van der Waals surface area contributed by atoms with Gasteiger partial charge < -0.3 is 15.4 Å². The van der Waals surface area contributed by atoms with Crippen molar-refractivity contribution in [2.75, 3.05) is 26.0 Å². The van der Waals surface area contributed by atoms with Crippen LogP contribution in [0.15, 0.2) is 20.9 Å². The van der Waals surface area contributed by atoms with Gasteiger partial charge in [-0.1, -0.05) is 18.2 Å². The van der Waals surface area contributed by atoms with Crippen molar-refractivity contribution >= 4 is 53.0 Å². The molecule has 0 aromatic carbocycles. The fourth-order valence-electron chi connectivity index (χ4n) is 3.72. The third-order valence-electron chi connectivity index (χ3n) is 5.22. The molecule has 0 amide bonds. The minimum Gasteiger partial charge on any atom is -0.378 e. The van der Waals surface area contributed by atoms with Gasteiger partial charge in [0.15, 0.2) is 5.96 Å². The number of hydrogen-bond acceptors (Lipinski definition) is 5. The number of thiazole rings is 1. The zero-order valence-electron chi connectivity index (χ0n) is 15.0. The minimum absolute atomic E-state index is 0. The molecular formula is C17H29IN4OS2. The molecule has 2 fully saturated rings. The highest BCUT2D eigenvalue weighted by Gasteiger charge is 2.59. The minimum atomic E-state index is 0. The number of ether oxygens (including phenoxy) is 1. The van der Waals surface area contributed by atoms with Crippen LogP contribution in [0, 0.1) is 5.41 Å². The second-order valence-electron chi connectivity index (χ2n) is 6.46. The molecule has 1 aromatic rings. The van der Waals surface area contributed by atoms with Gasteiger partial charge in [0.1, 0.15) is 4.34 Å². The van der Waals surface area contributed by atoms with E-state index in [1.54, 1.807) is 11.3 Å². The number of aliphatic imine (C=N–C) groups is 1. The molecule has 1 aromatic heterocycles. The summed E-state index contributed by atoms with van der Waals surface area (Å²) in [5.74, 6) is 2.01. The average Bonchev–Trinajstić information content (AvgIpc) is 3.03. The number of thioether (sulfide) groups is 1. The summed E-state index contributed by atoms with van der Waals surface area (Å²) >= 11 is 3.53. The lowest BCUT2D eigenvalue weighted by Gasteiger charge is -2.61. The molecule has 25 heavy (non-hydrogen) atoms. The molecule has 3 rings (SSSR count). The second kappa shape index (κ2) is 10.3. The Bertz CT molecular complexity index is 537. The highest BCUT2D eigenvalue weighted by Crippen LogP contribution is 2.57. The molecule has 2 aliphatic rings. The standard InChI is InChI=1S/C17H28N4OS2.HI/c1-3-22-14-12-13(17(14)6-4-7-17)21-15(18-2)19-8-5-10-23-16-20-9-11-24-16;/h9,11,13-14H,3-8,10,12H2,1-2H3,(H2,18,19,21);1H. The Hall–Kier alpha value is -0.0600. The van der Waals surface area contributed by atoms with E-state index in [1.165, 1.54) is 19.3 Å². The van der Waals surface area contributed by atoms with Crippen LogP contribution in [0.3, 0.4) is 0 Å². The molecule has 2 saturated carbocycles. The summed E-state index contributed by atoms with van der Waals surface area (Å²) in [5, 5.41) is 9.10. The van der Waals surface area contributed by atoms with Gasteiger partial charge >= 0.3 is 0 Å². The first kappa shape index (κ1) is 21.2. The number of hydrogen-bond donors (Lipinski definition) is 2. The van der Waals surface area contributed by atoms with Crippen molar-refractivity contribution in [1.82, 2.24) is 15.6 Å². The van der Waals surface area contributed by atoms with E-state index in [2.05, 4.69) is 27.5 Å². The van der Waals surface area contributed by atoms with Crippen molar-refractivity contribution in [2.45, 2.75) is 55.5 Å². The third kappa shape index (κ3) is 5.01. The summed E-state index contributed by atoms with van der Waals surface area (Å²) in [5.41, 5.74) is 0.369. The van der Waals surface area contributed by atoms with Crippen LogP contribution in [0.2, 0.25) is 0 Å². The quantitative estimate of drug-likeness (QED) is 0.189. The maximum atomic E-state index is 5.92. The molecule has 1 spiro atoms. The molecule has 8 heteroatoms. The van der Waals surface area contributed by atoms with Crippen LogP contribution in [0.25, 0.3) is 0 Å². The average molecular weight is 496 g/mol. The van der Waals surface area contributed by atoms with Crippen LogP contribution in [0.4, 0.5) is 0 Å². The first-order chi connectivity index (χ1) is 11.8. The summed E-state index contributed by atoms with van der Waals surface area (Å²) in [7, 11) is 1.85. The molecular weight excluding hydrogens is 467 g/mol. The molecule has 2 N–H and O–H groups in total. The van der Waals surface area contributed by atoms with Crippen molar-refractivity contribution in [2.24, 2.45) is 10.4 Å². The Morgan fingerprint density at radius 3 is 2.96 bits per heavy atom. The molecule has 0 saturated heterocycles. The highest BCUT2D eigenvalue weighted by molar-refractivity contribution is 14.0. The van der Waals surface area contributed by atoms with Gasteiger partial charge in [-0.3, -0.25) is 4.99 Å². The number of nitrogens with zero attached hydrogens (tertiary/aromatic N) is 2. The highest BCUT2D eigenvalue weighted by atomic mass is 127. The molecule has 142 valence electrons. The van der Waals surface area contributed by atoms with Crippen molar-refractivity contribution in [3.05, 3.63) is 11.6 Å². The molecule has 0 aliphatic heterocycles. The second-order valence-corrected chi connectivity index (χ2v) is 8.70. The maximum Gasteiger partial charge on any atom is 0.191 e. The van der Waals surface area contributed by atoms with E-state index in [9.17, 15) is 0 Å². The maximum absolute atomic E-state index is 5.92. The van der Waals surface area contributed by atoms with Crippen LogP contribution in [-0.4, -0.2) is 49.0 Å². The van der Waals surface area contributed by atoms with Crippen molar-refractivity contribution in [3.8, 4) is 0 Å². The monoisotopic (exact) mass is 496 g/mol. The van der Waals surface area contributed by atoms with Crippen molar-refractivity contribution in [1.29, 1.82) is 0 Å². The molecule has 0 bridgehead atoms. The Kier molecular flexibility index (Phi) is 8.77. The molecule has 2 aliphatic carbocycles. The number of rotatable bonds is 8. The smallest absolute Gasteiger partial charge is 0.191 e. The summed E-state index contributed by atoms with van der Waals surface area (Å²) in [4.78, 5) is 8.68. The van der Waals surface area contributed by atoms with E-state index in [4.69, 9.17) is 4.74 Å². The zero-order valence-corrected chi connectivity index (χ0v) is 19.0. The largest absolute Gasteiger partial charge is 0.378 e. The van der Waals surface area contributed by atoms with Crippen LogP contribution < -0.4 is 10.6 Å². The van der Waals surface area contributed by atoms with Crippen molar-refractivity contribution < 1.29 is 4.74 Å². The Morgan fingerprint density at radius 1 is 1.52 bits per heavy atom. The fourth-order valence-corrected chi connectivity index (χ4v) is 5.37.